The van der Waals surface area contributed by atoms with Gasteiger partial charge >= 0.3 is 0 Å². The Labute approximate surface area is 164 Å². The number of carbonyl (C=O) groups excluding carboxylic acids is 2. The predicted octanol–water partition coefficient (Wildman–Crippen LogP) is 4.35. The number of aromatic nitrogens is 1. The second-order valence-electron chi connectivity index (χ2n) is 6.35. The Kier molecular flexibility index (Phi) is 6.36. The van der Waals surface area contributed by atoms with Crippen molar-refractivity contribution in [2.75, 3.05) is 16.0 Å². The van der Waals surface area contributed by atoms with Gasteiger partial charge in [-0.15, -0.1) is 0 Å². The monoisotopic (exact) mass is 374 g/mol. The average Bonchev–Trinajstić information content (AvgIpc) is 2.68. The summed E-state index contributed by atoms with van der Waals surface area (Å²) in [6.45, 7) is 1.47. The van der Waals surface area contributed by atoms with E-state index in [2.05, 4.69) is 20.9 Å². The van der Waals surface area contributed by atoms with Gasteiger partial charge in [0.25, 0.3) is 0 Å². The highest BCUT2D eigenvalue weighted by molar-refractivity contribution is 5.90. The average molecular weight is 374 g/mol. The van der Waals surface area contributed by atoms with Crippen molar-refractivity contribution in [2.24, 2.45) is 0 Å². The number of nitrogens with zero attached hydrogens (tertiary/aromatic N) is 1. The van der Waals surface area contributed by atoms with Crippen LogP contribution in [0.4, 0.5) is 22.9 Å². The van der Waals surface area contributed by atoms with Crippen molar-refractivity contribution >= 4 is 34.7 Å². The topological polar surface area (TPSA) is 83.1 Å². The molecule has 6 nitrogen and oxygen atoms in total. The van der Waals surface area contributed by atoms with E-state index in [0.717, 1.165) is 16.9 Å². The molecule has 0 atom stereocenters. The molecule has 0 spiro atoms. The van der Waals surface area contributed by atoms with E-state index >= 15 is 0 Å². The summed E-state index contributed by atoms with van der Waals surface area (Å²) in [7, 11) is 0. The van der Waals surface area contributed by atoms with Crippen molar-refractivity contribution in [3.8, 4) is 0 Å². The lowest BCUT2D eigenvalue weighted by Gasteiger charge is -2.10. The molecule has 3 N–H and O–H groups in total. The van der Waals surface area contributed by atoms with Gasteiger partial charge in [-0.1, -0.05) is 36.4 Å². The lowest BCUT2D eigenvalue weighted by molar-refractivity contribution is -0.116. The zero-order valence-corrected chi connectivity index (χ0v) is 15.6. The fourth-order valence-corrected chi connectivity index (χ4v) is 2.69. The molecule has 28 heavy (non-hydrogen) atoms. The Balaban J connectivity index is 1.53. The highest BCUT2D eigenvalue weighted by Crippen LogP contribution is 2.20. The number of anilines is 4. The molecule has 6 heteroatoms. The number of hydrogen-bond acceptors (Lipinski definition) is 4. The number of aryl methyl sites for hydroxylation is 1. The van der Waals surface area contributed by atoms with Crippen LogP contribution in [0.15, 0.2) is 72.9 Å². The standard InChI is InChI=1S/C22H22N4O2/c1-16(27)24-18-8-5-9-19(14-18)25-20-11-12-21(23-15-20)26-22(28)13-10-17-6-3-2-4-7-17/h2-9,11-12,14-15,25H,10,13H2,1H3,(H,24,27)(H,23,26,28). The normalized spacial score (nSPS) is 10.2. The van der Waals surface area contributed by atoms with Crippen LogP contribution < -0.4 is 16.0 Å². The maximum absolute atomic E-state index is 12.1. The van der Waals surface area contributed by atoms with Gasteiger partial charge in [0.05, 0.1) is 11.9 Å². The minimum absolute atomic E-state index is 0.0694. The third-order valence-corrected chi connectivity index (χ3v) is 3.99. The van der Waals surface area contributed by atoms with Gasteiger partial charge in [0, 0.05) is 24.7 Å². The van der Waals surface area contributed by atoms with Crippen LogP contribution in [0.1, 0.15) is 18.9 Å². The van der Waals surface area contributed by atoms with E-state index in [4.69, 9.17) is 0 Å². The summed E-state index contributed by atoms with van der Waals surface area (Å²) in [6, 6.07) is 20.9. The Morgan fingerprint density at radius 1 is 0.857 bits per heavy atom. The smallest absolute Gasteiger partial charge is 0.225 e. The molecule has 0 saturated carbocycles. The van der Waals surface area contributed by atoms with Gasteiger partial charge in [0.2, 0.25) is 11.8 Å². The van der Waals surface area contributed by atoms with Crippen molar-refractivity contribution in [1.29, 1.82) is 0 Å². The van der Waals surface area contributed by atoms with Crippen molar-refractivity contribution in [1.82, 2.24) is 4.98 Å². The van der Waals surface area contributed by atoms with Crippen LogP contribution in [0.2, 0.25) is 0 Å². The molecule has 3 rings (SSSR count). The van der Waals surface area contributed by atoms with Crippen LogP contribution in [0.25, 0.3) is 0 Å². The number of amides is 2. The first kappa shape index (κ1) is 19.1. The molecular formula is C22H22N4O2. The molecule has 1 heterocycles. The fourth-order valence-electron chi connectivity index (χ4n) is 2.69. The minimum Gasteiger partial charge on any atom is -0.354 e. The summed E-state index contributed by atoms with van der Waals surface area (Å²) in [5.74, 6) is 0.321. The maximum Gasteiger partial charge on any atom is 0.225 e. The maximum atomic E-state index is 12.1. The summed E-state index contributed by atoms with van der Waals surface area (Å²) >= 11 is 0. The molecule has 0 aliphatic heterocycles. The molecule has 0 aliphatic carbocycles. The van der Waals surface area contributed by atoms with Gasteiger partial charge in [0.15, 0.2) is 0 Å². The third-order valence-electron chi connectivity index (χ3n) is 3.99. The molecule has 0 aliphatic rings. The van der Waals surface area contributed by atoms with Crippen molar-refractivity contribution in [2.45, 2.75) is 19.8 Å². The second kappa shape index (κ2) is 9.32. The van der Waals surface area contributed by atoms with Crippen LogP contribution in [0.5, 0.6) is 0 Å². The van der Waals surface area contributed by atoms with Gasteiger partial charge in [-0.3, -0.25) is 9.59 Å². The summed E-state index contributed by atoms with van der Waals surface area (Å²) in [6.07, 6.45) is 2.75. The Hall–Kier alpha value is -3.67. The zero-order chi connectivity index (χ0) is 19.8. The first-order valence-electron chi connectivity index (χ1n) is 9.03. The van der Waals surface area contributed by atoms with E-state index in [1.54, 1.807) is 12.3 Å². The van der Waals surface area contributed by atoms with Crippen LogP contribution in [-0.4, -0.2) is 16.8 Å². The van der Waals surface area contributed by atoms with E-state index < -0.39 is 0 Å². The number of rotatable bonds is 7. The van der Waals surface area contributed by atoms with E-state index in [0.29, 0.717) is 24.3 Å². The van der Waals surface area contributed by atoms with E-state index in [1.807, 2.05) is 60.7 Å². The summed E-state index contributed by atoms with van der Waals surface area (Å²) in [4.78, 5) is 27.5. The van der Waals surface area contributed by atoms with Crippen LogP contribution in [0, 0.1) is 0 Å². The lowest BCUT2D eigenvalue weighted by atomic mass is 10.1. The lowest BCUT2D eigenvalue weighted by Crippen LogP contribution is -2.13. The number of hydrogen-bond donors (Lipinski definition) is 3. The summed E-state index contributed by atoms with van der Waals surface area (Å²) < 4.78 is 0. The first-order valence-corrected chi connectivity index (χ1v) is 9.03. The first-order chi connectivity index (χ1) is 13.6. The van der Waals surface area contributed by atoms with Crippen molar-refractivity contribution < 1.29 is 9.59 Å². The third kappa shape index (κ3) is 5.95. The van der Waals surface area contributed by atoms with Crippen LogP contribution in [-0.2, 0) is 16.0 Å². The van der Waals surface area contributed by atoms with Crippen molar-refractivity contribution in [3.63, 3.8) is 0 Å². The number of nitrogens with one attached hydrogen (secondary N) is 3. The molecule has 1 aromatic heterocycles. The van der Waals surface area contributed by atoms with Crippen LogP contribution >= 0.6 is 0 Å². The Morgan fingerprint density at radius 3 is 2.36 bits per heavy atom. The molecule has 0 unspecified atom stereocenters. The van der Waals surface area contributed by atoms with Gasteiger partial charge in [0.1, 0.15) is 5.82 Å². The zero-order valence-electron chi connectivity index (χ0n) is 15.6. The Morgan fingerprint density at radius 2 is 1.64 bits per heavy atom. The second-order valence-corrected chi connectivity index (χ2v) is 6.35. The summed E-state index contributed by atoms with van der Waals surface area (Å²) in [5.41, 5.74) is 3.45. The fraction of sp³-hybridized carbons (Fsp3) is 0.136. The number of pyridine rings is 1. The molecular weight excluding hydrogens is 352 g/mol. The molecule has 0 bridgehead atoms. The van der Waals surface area contributed by atoms with Gasteiger partial charge in [-0.2, -0.15) is 0 Å². The Bertz CT molecular complexity index is 940. The molecule has 3 aromatic rings. The molecule has 2 aromatic carbocycles. The predicted molar refractivity (Wildman–Crippen MR) is 112 cm³/mol. The summed E-state index contributed by atoms with van der Waals surface area (Å²) in [5, 5.41) is 8.77. The van der Waals surface area contributed by atoms with Crippen LogP contribution in [0.3, 0.4) is 0 Å². The van der Waals surface area contributed by atoms with Gasteiger partial charge in [-0.25, -0.2) is 4.98 Å². The van der Waals surface area contributed by atoms with E-state index in [-0.39, 0.29) is 11.8 Å². The van der Waals surface area contributed by atoms with Crippen molar-refractivity contribution in [3.05, 3.63) is 78.5 Å². The minimum atomic E-state index is -0.119. The van der Waals surface area contributed by atoms with Gasteiger partial charge in [-0.05, 0) is 42.3 Å². The SMILES string of the molecule is CC(=O)Nc1cccc(Nc2ccc(NC(=O)CCc3ccccc3)nc2)c1. The van der Waals surface area contributed by atoms with E-state index in [9.17, 15) is 9.59 Å². The largest absolute Gasteiger partial charge is 0.354 e. The van der Waals surface area contributed by atoms with Gasteiger partial charge < -0.3 is 16.0 Å². The van der Waals surface area contributed by atoms with E-state index in [1.165, 1.54) is 6.92 Å². The molecule has 2 amide bonds. The molecule has 0 radical (unpaired) electrons. The molecule has 142 valence electrons. The number of benzene rings is 2. The molecule has 0 fully saturated rings. The number of carbonyl (C=O) groups is 2. The quantitative estimate of drug-likeness (QED) is 0.574. The highest BCUT2D eigenvalue weighted by Gasteiger charge is 2.05. The molecule has 0 saturated heterocycles. The highest BCUT2D eigenvalue weighted by atomic mass is 16.2.